The van der Waals surface area contributed by atoms with Gasteiger partial charge in [0, 0.05) is 23.6 Å². The zero-order chi connectivity index (χ0) is 17.4. The molecule has 0 unspecified atom stereocenters. The van der Waals surface area contributed by atoms with Crippen LogP contribution in [0.2, 0.25) is 5.02 Å². The molecule has 0 aliphatic heterocycles. The minimum absolute atomic E-state index is 0.0132. The van der Waals surface area contributed by atoms with Crippen molar-refractivity contribution in [2.24, 2.45) is 5.10 Å². The Bertz CT molecular complexity index is 745. The highest BCUT2D eigenvalue weighted by Crippen LogP contribution is 2.15. The highest BCUT2D eigenvalue weighted by atomic mass is 35.5. The van der Waals surface area contributed by atoms with E-state index in [1.54, 1.807) is 36.4 Å². The molecule has 2 amide bonds. The molecule has 0 saturated heterocycles. The first kappa shape index (κ1) is 17.5. The van der Waals surface area contributed by atoms with Crippen molar-refractivity contribution in [3.8, 4) is 5.75 Å². The molecule has 0 fully saturated rings. The summed E-state index contributed by atoms with van der Waals surface area (Å²) in [6.07, 6.45) is 1.50. The molecule has 6 nitrogen and oxygen atoms in total. The number of carbonyl (C=O) groups is 2. The molecule has 24 heavy (non-hydrogen) atoms. The second-order valence-corrected chi connectivity index (χ2v) is 5.38. The summed E-state index contributed by atoms with van der Waals surface area (Å²) in [7, 11) is 0. The van der Waals surface area contributed by atoms with Gasteiger partial charge in [-0.3, -0.25) is 9.59 Å². The van der Waals surface area contributed by atoms with E-state index in [-0.39, 0.29) is 30.4 Å². The maximum atomic E-state index is 11.8. The molecule has 124 valence electrons. The number of aromatic hydroxyl groups is 1. The van der Waals surface area contributed by atoms with Gasteiger partial charge in [-0.15, -0.1) is 0 Å². The summed E-state index contributed by atoms with van der Waals surface area (Å²) >= 11 is 5.83. The summed E-state index contributed by atoms with van der Waals surface area (Å²) < 4.78 is 0. The summed E-state index contributed by atoms with van der Waals surface area (Å²) in [5, 5.41) is 16.1. The van der Waals surface area contributed by atoms with E-state index in [0.29, 0.717) is 10.7 Å². The molecule has 2 rings (SSSR count). The Kier molecular flexibility index (Phi) is 6.33. The zero-order valence-corrected chi connectivity index (χ0v) is 13.5. The standard InChI is InChI=1S/C17H16ClN3O3/c18-13-2-1-3-14(10-13)20-16(23)8-9-17(24)21-19-11-12-4-6-15(22)7-5-12/h1-7,10-11,22H,8-9H2,(H,20,23)(H,21,24)/b19-11+. The Morgan fingerprint density at radius 1 is 1.08 bits per heavy atom. The number of phenols is 1. The highest BCUT2D eigenvalue weighted by molar-refractivity contribution is 6.30. The molecule has 0 aromatic heterocycles. The number of benzene rings is 2. The topological polar surface area (TPSA) is 90.8 Å². The molecule has 2 aromatic carbocycles. The maximum absolute atomic E-state index is 11.8. The van der Waals surface area contributed by atoms with E-state index in [1.807, 2.05) is 0 Å². The van der Waals surface area contributed by atoms with Crippen LogP contribution in [0.3, 0.4) is 0 Å². The van der Waals surface area contributed by atoms with Crippen LogP contribution in [0.4, 0.5) is 5.69 Å². The predicted molar refractivity (Wildman–Crippen MR) is 93.2 cm³/mol. The Hall–Kier alpha value is -2.86. The predicted octanol–water partition coefficient (Wildman–Crippen LogP) is 2.91. The van der Waals surface area contributed by atoms with Gasteiger partial charge in [0.15, 0.2) is 0 Å². The fourth-order valence-corrected chi connectivity index (χ4v) is 2.00. The Morgan fingerprint density at radius 2 is 1.79 bits per heavy atom. The maximum Gasteiger partial charge on any atom is 0.240 e. The number of nitrogens with one attached hydrogen (secondary N) is 2. The zero-order valence-electron chi connectivity index (χ0n) is 12.7. The minimum Gasteiger partial charge on any atom is -0.508 e. The first-order valence-electron chi connectivity index (χ1n) is 7.19. The number of phenolic OH excluding ortho intramolecular Hbond substituents is 1. The molecule has 0 radical (unpaired) electrons. The van der Waals surface area contributed by atoms with Gasteiger partial charge >= 0.3 is 0 Å². The highest BCUT2D eigenvalue weighted by Gasteiger charge is 2.07. The average Bonchev–Trinajstić information content (AvgIpc) is 2.55. The second-order valence-electron chi connectivity index (χ2n) is 4.94. The quantitative estimate of drug-likeness (QED) is 0.555. The average molecular weight is 346 g/mol. The van der Waals surface area contributed by atoms with Crippen molar-refractivity contribution in [3.63, 3.8) is 0 Å². The Morgan fingerprint density at radius 3 is 2.50 bits per heavy atom. The summed E-state index contributed by atoms with van der Waals surface area (Å²) in [5.41, 5.74) is 3.65. The second kappa shape index (κ2) is 8.69. The minimum atomic E-state index is -0.369. The van der Waals surface area contributed by atoms with Gasteiger partial charge in [0.05, 0.1) is 6.21 Å². The van der Waals surface area contributed by atoms with Gasteiger partial charge in [-0.25, -0.2) is 5.43 Å². The van der Waals surface area contributed by atoms with E-state index in [9.17, 15) is 9.59 Å². The number of anilines is 1. The third-order valence-electron chi connectivity index (χ3n) is 2.98. The largest absolute Gasteiger partial charge is 0.508 e. The molecule has 0 atom stereocenters. The van der Waals surface area contributed by atoms with Crippen molar-refractivity contribution < 1.29 is 14.7 Å². The van der Waals surface area contributed by atoms with Gasteiger partial charge in [-0.2, -0.15) is 5.10 Å². The fraction of sp³-hybridized carbons (Fsp3) is 0.118. The lowest BCUT2D eigenvalue weighted by atomic mass is 10.2. The van der Waals surface area contributed by atoms with Gasteiger partial charge < -0.3 is 10.4 Å². The van der Waals surface area contributed by atoms with Crippen molar-refractivity contribution >= 4 is 35.3 Å². The normalized spacial score (nSPS) is 10.5. The van der Waals surface area contributed by atoms with Gasteiger partial charge in [-0.1, -0.05) is 17.7 Å². The third-order valence-corrected chi connectivity index (χ3v) is 3.22. The number of hydrogen-bond donors (Lipinski definition) is 3. The number of rotatable bonds is 6. The molecule has 0 spiro atoms. The smallest absolute Gasteiger partial charge is 0.240 e. The fourth-order valence-electron chi connectivity index (χ4n) is 1.81. The molecular weight excluding hydrogens is 330 g/mol. The van der Waals surface area contributed by atoms with Crippen molar-refractivity contribution in [1.29, 1.82) is 0 Å². The van der Waals surface area contributed by atoms with E-state index in [1.165, 1.54) is 18.3 Å². The van der Waals surface area contributed by atoms with Crippen LogP contribution >= 0.6 is 11.6 Å². The van der Waals surface area contributed by atoms with Gasteiger partial charge in [0.25, 0.3) is 0 Å². The van der Waals surface area contributed by atoms with Crippen LogP contribution in [0.5, 0.6) is 5.75 Å². The van der Waals surface area contributed by atoms with E-state index in [0.717, 1.165) is 5.56 Å². The van der Waals surface area contributed by atoms with Crippen LogP contribution in [0, 0.1) is 0 Å². The Balaban J connectivity index is 1.72. The van der Waals surface area contributed by atoms with Crippen LogP contribution in [0.15, 0.2) is 53.6 Å². The van der Waals surface area contributed by atoms with E-state index >= 15 is 0 Å². The van der Waals surface area contributed by atoms with E-state index in [4.69, 9.17) is 16.7 Å². The number of hydrazone groups is 1. The van der Waals surface area contributed by atoms with Crippen LogP contribution in [0.25, 0.3) is 0 Å². The van der Waals surface area contributed by atoms with E-state index in [2.05, 4.69) is 15.8 Å². The SMILES string of the molecule is O=C(CCC(=O)Nc1cccc(Cl)c1)N/N=C/c1ccc(O)cc1. The summed E-state index contributed by atoms with van der Waals surface area (Å²) in [4.78, 5) is 23.4. The Labute approximate surface area is 144 Å². The summed E-state index contributed by atoms with van der Waals surface area (Å²) in [5.74, 6) is -0.497. The lowest BCUT2D eigenvalue weighted by molar-refractivity contribution is -0.124. The van der Waals surface area contributed by atoms with Crippen molar-refractivity contribution in [2.75, 3.05) is 5.32 Å². The van der Waals surface area contributed by atoms with Crippen molar-refractivity contribution in [2.45, 2.75) is 12.8 Å². The van der Waals surface area contributed by atoms with E-state index < -0.39 is 0 Å². The third kappa shape index (κ3) is 6.10. The summed E-state index contributed by atoms with van der Waals surface area (Å²) in [6.45, 7) is 0. The number of carbonyl (C=O) groups excluding carboxylic acids is 2. The van der Waals surface area contributed by atoms with Gasteiger partial charge in [-0.05, 0) is 48.0 Å². The first-order chi connectivity index (χ1) is 11.5. The van der Waals surface area contributed by atoms with Crippen LogP contribution in [-0.4, -0.2) is 23.1 Å². The molecule has 7 heteroatoms. The number of amides is 2. The first-order valence-corrected chi connectivity index (χ1v) is 7.57. The summed E-state index contributed by atoms with van der Waals surface area (Å²) in [6, 6.07) is 13.1. The number of nitrogens with zero attached hydrogens (tertiary/aromatic N) is 1. The molecule has 3 N–H and O–H groups in total. The van der Waals surface area contributed by atoms with Crippen molar-refractivity contribution in [1.82, 2.24) is 5.43 Å². The number of hydrogen-bond acceptors (Lipinski definition) is 4. The molecule has 0 bridgehead atoms. The van der Waals surface area contributed by atoms with Gasteiger partial charge in [0.1, 0.15) is 5.75 Å². The van der Waals surface area contributed by atoms with Crippen molar-refractivity contribution in [3.05, 3.63) is 59.1 Å². The monoisotopic (exact) mass is 345 g/mol. The molecule has 0 aliphatic carbocycles. The molecular formula is C17H16ClN3O3. The molecule has 2 aromatic rings. The lowest BCUT2D eigenvalue weighted by Crippen LogP contribution is -2.20. The number of halogens is 1. The van der Waals surface area contributed by atoms with Crippen LogP contribution < -0.4 is 10.7 Å². The molecule has 0 aliphatic rings. The van der Waals surface area contributed by atoms with Crippen LogP contribution in [0.1, 0.15) is 18.4 Å². The lowest BCUT2D eigenvalue weighted by Gasteiger charge is -2.05. The van der Waals surface area contributed by atoms with Gasteiger partial charge in [0.2, 0.25) is 11.8 Å². The molecule has 0 saturated carbocycles. The molecule has 0 heterocycles. The van der Waals surface area contributed by atoms with Crippen LogP contribution in [-0.2, 0) is 9.59 Å².